The molecule has 1 saturated heterocycles. The Morgan fingerprint density at radius 2 is 2.20 bits per heavy atom. The quantitative estimate of drug-likeness (QED) is 0.126. The SMILES string of the molecule is CO/N=C(\C(=O)N[C@@H]1C(=O)N2C(C(=O)O)=C(CSc3nc(=O)c(=O)[nH]n3C)CS[C@H]12)c1ccco1. The van der Waals surface area contributed by atoms with Gasteiger partial charge >= 0.3 is 17.1 Å². The van der Waals surface area contributed by atoms with Crippen molar-refractivity contribution in [1.29, 1.82) is 0 Å². The van der Waals surface area contributed by atoms with Gasteiger partial charge in [-0.05, 0) is 17.7 Å². The normalized spacial score (nSPS) is 19.8. The van der Waals surface area contributed by atoms with Gasteiger partial charge in [-0.3, -0.25) is 33.9 Å². The third-order valence-corrected chi connectivity index (χ3v) is 7.47. The highest BCUT2D eigenvalue weighted by atomic mass is 32.2. The molecule has 3 N–H and O–H groups in total. The zero-order chi connectivity index (χ0) is 25.3. The van der Waals surface area contributed by atoms with E-state index in [-0.39, 0.29) is 33.8 Å². The number of nitrogens with zero attached hydrogens (tertiary/aromatic N) is 4. The van der Waals surface area contributed by atoms with E-state index >= 15 is 0 Å². The number of rotatable bonds is 8. The Kier molecular flexibility index (Phi) is 6.83. The molecule has 2 atom stereocenters. The maximum Gasteiger partial charge on any atom is 0.352 e. The van der Waals surface area contributed by atoms with Gasteiger partial charge in [0.25, 0.3) is 11.8 Å². The second kappa shape index (κ2) is 9.83. The molecule has 184 valence electrons. The lowest BCUT2D eigenvalue weighted by atomic mass is 10.0. The fourth-order valence-corrected chi connectivity index (χ4v) is 5.85. The highest BCUT2D eigenvalue weighted by Gasteiger charge is 2.54. The smallest absolute Gasteiger partial charge is 0.352 e. The molecule has 2 amide bonds. The summed E-state index contributed by atoms with van der Waals surface area (Å²) in [7, 11) is 2.75. The minimum absolute atomic E-state index is 0.109. The third-order valence-electron chi connectivity index (χ3n) is 5.01. The molecule has 4 rings (SSSR count). The van der Waals surface area contributed by atoms with Crippen LogP contribution < -0.4 is 16.4 Å². The van der Waals surface area contributed by atoms with Crippen molar-refractivity contribution in [2.45, 2.75) is 16.6 Å². The molecular weight excluding hydrogens is 504 g/mol. The van der Waals surface area contributed by atoms with Crippen LogP contribution in [0.15, 0.2) is 54.0 Å². The summed E-state index contributed by atoms with van der Waals surface area (Å²) in [4.78, 5) is 70.0. The summed E-state index contributed by atoms with van der Waals surface area (Å²) in [6, 6.07) is 2.09. The van der Waals surface area contributed by atoms with Crippen LogP contribution in [0.1, 0.15) is 5.76 Å². The molecule has 0 aromatic carbocycles. The fraction of sp³-hybridized carbons (Fsp3) is 0.316. The van der Waals surface area contributed by atoms with Gasteiger partial charge in [-0.1, -0.05) is 16.9 Å². The topological polar surface area (TPSA) is 189 Å². The maximum absolute atomic E-state index is 12.9. The number of carboxylic acid groups (broad SMARTS) is 1. The molecule has 2 aromatic rings. The number of oxime groups is 1. The Balaban J connectivity index is 1.51. The highest BCUT2D eigenvalue weighted by molar-refractivity contribution is 8.01. The van der Waals surface area contributed by atoms with Gasteiger partial charge in [-0.25, -0.2) is 4.79 Å². The van der Waals surface area contributed by atoms with E-state index in [9.17, 15) is 29.1 Å². The molecule has 0 aliphatic carbocycles. The van der Waals surface area contributed by atoms with E-state index in [2.05, 4.69) is 20.6 Å². The fourth-order valence-electron chi connectivity index (χ4n) is 3.45. The monoisotopic (exact) mass is 522 g/mol. The van der Waals surface area contributed by atoms with Gasteiger partial charge in [0.2, 0.25) is 5.71 Å². The van der Waals surface area contributed by atoms with Crippen LogP contribution in [0, 0.1) is 0 Å². The first kappa shape index (κ1) is 24.3. The van der Waals surface area contributed by atoms with Crippen molar-refractivity contribution < 1.29 is 28.7 Å². The number of amides is 2. The first-order chi connectivity index (χ1) is 16.7. The van der Waals surface area contributed by atoms with Gasteiger partial charge in [0.1, 0.15) is 24.2 Å². The summed E-state index contributed by atoms with van der Waals surface area (Å²) in [6.45, 7) is 0. The van der Waals surface area contributed by atoms with Crippen LogP contribution in [0.4, 0.5) is 0 Å². The Bertz CT molecular complexity index is 1360. The van der Waals surface area contributed by atoms with Crippen LogP contribution in [-0.4, -0.2) is 78.3 Å². The number of carbonyl (C=O) groups excluding carboxylic acids is 2. The van der Waals surface area contributed by atoms with Gasteiger partial charge in [0, 0.05) is 18.6 Å². The molecule has 0 saturated carbocycles. The largest absolute Gasteiger partial charge is 0.477 e. The van der Waals surface area contributed by atoms with Crippen molar-refractivity contribution in [3.05, 3.63) is 56.1 Å². The number of aromatic nitrogens is 3. The molecular formula is C19H18N6O8S2. The summed E-state index contributed by atoms with van der Waals surface area (Å²) in [5, 5.41) is 17.9. The molecule has 14 nitrogen and oxygen atoms in total. The van der Waals surface area contributed by atoms with E-state index in [1.807, 2.05) is 0 Å². The number of carboxylic acids is 1. The van der Waals surface area contributed by atoms with Gasteiger partial charge in [-0.2, -0.15) is 4.98 Å². The number of furan rings is 1. The van der Waals surface area contributed by atoms with Crippen LogP contribution in [0.25, 0.3) is 0 Å². The summed E-state index contributed by atoms with van der Waals surface area (Å²) >= 11 is 2.32. The molecule has 16 heteroatoms. The molecule has 0 radical (unpaired) electrons. The number of fused-ring (bicyclic) bond motifs is 1. The molecule has 2 aliphatic heterocycles. The molecule has 0 unspecified atom stereocenters. The Labute approximate surface area is 204 Å². The van der Waals surface area contributed by atoms with Crippen LogP contribution in [0.2, 0.25) is 0 Å². The Morgan fingerprint density at radius 1 is 1.43 bits per heavy atom. The second-order valence-electron chi connectivity index (χ2n) is 7.21. The molecule has 0 bridgehead atoms. The highest BCUT2D eigenvalue weighted by Crippen LogP contribution is 2.41. The number of aliphatic carboxylic acids is 1. The second-order valence-corrected chi connectivity index (χ2v) is 9.25. The number of aromatic amines is 1. The van der Waals surface area contributed by atoms with E-state index in [4.69, 9.17) is 9.25 Å². The molecule has 1 fully saturated rings. The van der Waals surface area contributed by atoms with Gasteiger partial charge in [-0.15, -0.1) is 11.8 Å². The maximum atomic E-state index is 12.9. The van der Waals surface area contributed by atoms with Crippen molar-refractivity contribution in [2.24, 2.45) is 12.2 Å². The average Bonchev–Trinajstić information content (AvgIpc) is 3.36. The van der Waals surface area contributed by atoms with E-state index < -0.39 is 40.3 Å². The van der Waals surface area contributed by atoms with Crippen molar-refractivity contribution in [1.82, 2.24) is 25.0 Å². The van der Waals surface area contributed by atoms with E-state index in [0.29, 0.717) is 5.57 Å². The van der Waals surface area contributed by atoms with Crippen LogP contribution in [0.5, 0.6) is 0 Å². The van der Waals surface area contributed by atoms with Crippen molar-refractivity contribution in [3.63, 3.8) is 0 Å². The van der Waals surface area contributed by atoms with E-state index in [0.717, 1.165) is 16.7 Å². The number of β-lactam (4-membered cyclic amide) rings is 1. The Hall–Kier alpha value is -3.79. The lowest BCUT2D eigenvalue weighted by molar-refractivity contribution is -0.150. The van der Waals surface area contributed by atoms with Crippen LogP contribution >= 0.6 is 23.5 Å². The number of thioether (sulfide) groups is 2. The van der Waals surface area contributed by atoms with Gasteiger partial charge in [0.05, 0.1) is 6.26 Å². The number of H-pyrrole nitrogens is 1. The third kappa shape index (κ3) is 4.61. The summed E-state index contributed by atoms with van der Waals surface area (Å²) in [5.41, 5.74) is -1.76. The number of carbonyl (C=O) groups is 3. The number of aryl methyl sites for hydroxylation is 1. The molecule has 2 aliphatic rings. The number of nitrogens with one attached hydrogen (secondary N) is 2. The molecule has 0 spiro atoms. The average molecular weight is 523 g/mol. The lowest BCUT2D eigenvalue weighted by Crippen LogP contribution is -2.71. The van der Waals surface area contributed by atoms with E-state index in [1.165, 1.54) is 42.9 Å². The Morgan fingerprint density at radius 3 is 2.86 bits per heavy atom. The van der Waals surface area contributed by atoms with Crippen molar-refractivity contribution in [3.8, 4) is 0 Å². The number of hydrogen-bond acceptors (Lipinski definition) is 11. The molecule has 4 heterocycles. The number of hydrogen-bond donors (Lipinski definition) is 3. The van der Waals surface area contributed by atoms with Gasteiger partial charge < -0.3 is 19.7 Å². The van der Waals surface area contributed by atoms with Crippen LogP contribution in [0.3, 0.4) is 0 Å². The van der Waals surface area contributed by atoms with Gasteiger partial charge in [0.15, 0.2) is 10.9 Å². The van der Waals surface area contributed by atoms with Crippen molar-refractivity contribution in [2.75, 3.05) is 18.6 Å². The van der Waals surface area contributed by atoms with Crippen molar-refractivity contribution >= 4 is 47.0 Å². The predicted molar refractivity (Wildman–Crippen MR) is 123 cm³/mol. The lowest BCUT2D eigenvalue weighted by Gasteiger charge is -2.49. The molecule has 2 aromatic heterocycles. The first-order valence-corrected chi connectivity index (χ1v) is 11.9. The van der Waals surface area contributed by atoms with Crippen LogP contribution in [-0.2, 0) is 26.3 Å². The zero-order valence-corrected chi connectivity index (χ0v) is 19.8. The molecule has 35 heavy (non-hydrogen) atoms. The summed E-state index contributed by atoms with van der Waals surface area (Å²) in [6.07, 6.45) is 1.35. The standard InChI is InChI=1S/C19H18N6O8S2/c1-24-19(21-14(27)15(28)22-24)35-7-8-6-34-17-11(16(29)25(17)12(8)18(30)31)20-13(26)10(23-32-2)9-4-3-5-33-9/h3-5,11,17H,6-7H2,1-2H3,(H,20,26)(H,22,28)(H,30,31)/b23-10-/t11-,17-/m1/s1. The summed E-state index contributed by atoms with van der Waals surface area (Å²) < 4.78 is 6.44. The first-order valence-electron chi connectivity index (χ1n) is 9.89. The minimum atomic E-state index is -1.30. The predicted octanol–water partition coefficient (Wildman–Crippen LogP) is -1.06. The van der Waals surface area contributed by atoms with E-state index in [1.54, 1.807) is 6.07 Å². The minimum Gasteiger partial charge on any atom is -0.477 e. The summed E-state index contributed by atoms with van der Waals surface area (Å²) in [5.74, 6) is -2.11. The zero-order valence-electron chi connectivity index (χ0n) is 18.2.